The lowest BCUT2D eigenvalue weighted by molar-refractivity contribution is 0.605. The summed E-state index contributed by atoms with van der Waals surface area (Å²) in [6.45, 7) is 4.01. The maximum atomic E-state index is 12.5. The minimum absolute atomic E-state index is 0.201. The highest BCUT2D eigenvalue weighted by Gasteiger charge is 2.23. The molecule has 0 amide bonds. The van der Waals surface area contributed by atoms with Crippen molar-refractivity contribution in [1.82, 2.24) is 0 Å². The second kappa shape index (κ2) is 5.63. The molecular formula is C15H11NO2S4. The lowest BCUT2D eigenvalue weighted by Crippen LogP contribution is -2.01. The van der Waals surface area contributed by atoms with Crippen LogP contribution in [0.15, 0.2) is 32.0 Å². The van der Waals surface area contributed by atoms with E-state index in [1.54, 1.807) is 22.8 Å². The van der Waals surface area contributed by atoms with E-state index in [0.29, 0.717) is 0 Å². The Hall–Kier alpha value is -1.46. The topological polar surface area (TPSA) is 57.9 Å². The van der Waals surface area contributed by atoms with Gasteiger partial charge in [0.2, 0.25) is 9.84 Å². The molecule has 0 saturated heterocycles. The van der Waals surface area contributed by atoms with Crippen LogP contribution in [0.25, 0.3) is 15.5 Å². The van der Waals surface area contributed by atoms with E-state index in [4.69, 9.17) is 0 Å². The summed E-state index contributed by atoms with van der Waals surface area (Å²) in [5, 5.41) is 14.3. The first kappa shape index (κ1) is 15.4. The minimum Gasteiger partial charge on any atom is -0.217 e. The van der Waals surface area contributed by atoms with Gasteiger partial charge in [-0.1, -0.05) is 6.07 Å². The van der Waals surface area contributed by atoms with Crippen LogP contribution in [0.2, 0.25) is 0 Å². The summed E-state index contributed by atoms with van der Waals surface area (Å²) in [4.78, 5) is 0.631. The second-order valence-corrected chi connectivity index (χ2v) is 10.0. The van der Waals surface area contributed by atoms with Crippen LogP contribution in [-0.2, 0) is 9.84 Å². The summed E-state index contributed by atoms with van der Waals surface area (Å²) >= 11 is 4.30. The molecule has 22 heavy (non-hydrogen) atoms. The molecule has 0 aromatic carbocycles. The van der Waals surface area contributed by atoms with Crippen molar-refractivity contribution in [2.75, 3.05) is 0 Å². The number of rotatable bonds is 3. The van der Waals surface area contributed by atoms with Crippen LogP contribution in [0, 0.1) is 25.2 Å². The van der Waals surface area contributed by atoms with E-state index < -0.39 is 9.84 Å². The van der Waals surface area contributed by atoms with Gasteiger partial charge in [0.25, 0.3) is 0 Å². The number of hydrogen-bond donors (Lipinski definition) is 0. The molecule has 0 atom stereocenters. The molecule has 0 spiro atoms. The van der Waals surface area contributed by atoms with Gasteiger partial charge in [-0.05, 0) is 47.9 Å². The summed E-state index contributed by atoms with van der Waals surface area (Å²) in [5.41, 5.74) is 2.22. The Bertz CT molecular complexity index is 1010. The third-order valence-electron chi connectivity index (χ3n) is 3.31. The second-order valence-electron chi connectivity index (χ2n) is 4.73. The van der Waals surface area contributed by atoms with Crippen molar-refractivity contribution in [2.24, 2.45) is 0 Å². The zero-order valence-electron chi connectivity index (χ0n) is 11.8. The molecule has 3 aromatic heterocycles. The Kier molecular flexibility index (Phi) is 3.95. The van der Waals surface area contributed by atoms with Crippen molar-refractivity contribution in [2.45, 2.75) is 18.1 Å². The smallest absolute Gasteiger partial charge is 0.217 e. The summed E-state index contributed by atoms with van der Waals surface area (Å²) in [5.74, 6) is 0. The van der Waals surface area contributed by atoms with Crippen molar-refractivity contribution < 1.29 is 8.42 Å². The maximum Gasteiger partial charge on any atom is 0.226 e. The lowest BCUT2D eigenvalue weighted by Gasteiger charge is -1.99. The van der Waals surface area contributed by atoms with Crippen LogP contribution >= 0.6 is 34.0 Å². The van der Waals surface area contributed by atoms with Gasteiger partial charge < -0.3 is 0 Å². The average Bonchev–Trinajstić information content (AvgIpc) is 3.17. The highest BCUT2D eigenvalue weighted by molar-refractivity contribution is 7.97. The monoisotopic (exact) mass is 365 g/mol. The van der Waals surface area contributed by atoms with E-state index in [-0.39, 0.29) is 9.11 Å². The van der Waals surface area contributed by atoms with E-state index >= 15 is 0 Å². The molecule has 112 valence electrons. The van der Waals surface area contributed by atoms with Crippen molar-refractivity contribution in [3.8, 4) is 6.07 Å². The highest BCUT2D eigenvalue weighted by Crippen LogP contribution is 2.39. The van der Waals surface area contributed by atoms with Gasteiger partial charge in [0, 0.05) is 10.3 Å². The Morgan fingerprint density at radius 1 is 1.32 bits per heavy atom. The van der Waals surface area contributed by atoms with Gasteiger partial charge in [-0.3, -0.25) is 0 Å². The van der Waals surface area contributed by atoms with Crippen LogP contribution in [0.1, 0.15) is 16.0 Å². The average molecular weight is 366 g/mol. The molecule has 3 rings (SSSR count). The fourth-order valence-corrected chi connectivity index (χ4v) is 7.02. The van der Waals surface area contributed by atoms with Gasteiger partial charge in [0.1, 0.15) is 10.3 Å². The minimum atomic E-state index is -3.72. The normalized spacial score (nSPS) is 12.7. The molecule has 0 radical (unpaired) electrons. The number of allylic oxidation sites excluding steroid dienone is 1. The van der Waals surface area contributed by atoms with E-state index in [2.05, 4.69) is 5.38 Å². The summed E-state index contributed by atoms with van der Waals surface area (Å²) < 4.78 is 26.3. The van der Waals surface area contributed by atoms with Crippen LogP contribution in [0.3, 0.4) is 0 Å². The predicted octanol–water partition coefficient (Wildman–Crippen LogP) is 4.98. The Labute approximate surface area is 140 Å². The summed E-state index contributed by atoms with van der Waals surface area (Å²) in [7, 11) is -3.72. The van der Waals surface area contributed by atoms with Gasteiger partial charge >= 0.3 is 0 Å². The number of aryl methyl sites for hydroxylation is 2. The van der Waals surface area contributed by atoms with Crippen molar-refractivity contribution in [1.29, 1.82) is 5.26 Å². The van der Waals surface area contributed by atoms with Crippen molar-refractivity contribution >= 4 is 59.3 Å². The number of sulfone groups is 1. The molecule has 0 aliphatic carbocycles. The third-order valence-corrected chi connectivity index (χ3v) is 8.83. The van der Waals surface area contributed by atoms with E-state index in [1.165, 1.54) is 34.4 Å². The molecule has 3 heterocycles. The van der Waals surface area contributed by atoms with E-state index in [0.717, 1.165) is 25.8 Å². The molecule has 0 fully saturated rings. The van der Waals surface area contributed by atoms with E-state index in [1.807, 2.05) is 19.9 Å². The van der Waals surface area contributed by atoms with Crippen LogP contribution in [-0.4, -0.2) is 8.42 Å². The maximum absolute atomic E-state index is 12.5. The molecule has 3 nitrogen and oxygen atoms in total. The molecule has 0 aliphatic rings. The quantitative estimate of drug-likeness (QED) is 0.615. The van der Waals surface area contributed by atoms with Crippen LogP contribution in [0.5, 0.6) is 0 Å². The molecule has 7 heteroatoms. The molecule has 0 N–H and O–H groups in total. The number of nitriles is 1. The van der Waals surface area contributed by atoms with Crippen LogP contribution < -0.4 is 0 Å². The summed E-state index contributed by atoms with van der Waals surface area (Å²) in [6.07, 6.45) is 1.50. The molecule has 3 aromatic rings. The Morgan fingerprint density at radius 2 is 2.09 bits per heavy atom. The van der Waals surface area contributed by atoms with Gasteiger partial charge in [-0.25, -0.2) is 8.42 Å². The third kappa shape index (κ3) is 2.42. The van der Waals surface area contributed by atoms with Crippen molar-refractivity contribution in [3.63, 3.8) is 0 Å². The summed E-state index contributed by atoms with van der Waals surface area (Å²) in [6, 6.07) is 5.04. The van der Waals surface area contributed by atoms with Crippen LogP contribution in [0.4, 0.5) is 0 Å². The Balaban J connectivity index is 2.16. The zero-order valence-corrected chi connectivity index (χ0v) is 15.0. The molecule has 0 saturated carbocycles. The SMILES string of the molecule is Cc1csc2sc(/C=C(\C#N)S(=O)(=O)c3cccs3)c(C)c12. The zero-order chi connectivity index (χ0) is 15.9. The molecule has 0 aliphatic heterocycles. The van der Waals surface area contributed by atoms with Gasteiger partial charge in [0.05, 0.1) is 4.01 Å². The first-order valence-electron chi connectivity index (χ1n) is 6.32. The van der Waals surface area contributed by atoms with Gasteiger partial charge in [0.15, 0.2) is 4.91 Å². The standard InChI is InChI=1S/C15H11NO2S4/c1-9-8-20-15-14(9)10(2)12(21-15)6-11(7-16)22(17,18)13-4-3-5-19-13/h3-6,8H,1-2H3/b11-6+. The number of hydrogen-bond acceptors (Lipinski definition) is 6. The fourth-order valence-electron chi connectivity index (χ4n) is 2.20. The molecular weight excluding hydrogens is 354 g/mol. The number of fused-ring (bicyclic) bond motifs is 1. The first-order valence-corrected chi connectivity index (χ1v) is 10.4. The highest BCUT2D eigenvalue weighted by atomic mass is 32.2. The predicted molar refractivity (Wildman–Crippen MR) is 94.3 cm³/mol. The first-order chi connectivity index (χ1) is 10.4. The number of thiophene rings is 3. The molecule has 0 unspecified atom stereocenters. The van der Waals surface area contributed by atoms with Gasteiger partial charge in [-0.15, -0.1) is 34.0 Å². The number of nitrogens with zero attached hydrogens (tertiary/aromatic N) is 1. The van der Waals surface area contributed by atoms with E-state index in [9.17, 15) is 13.7 Å². The Morgan fingerprint density at radius 3 is 2.68 bits per heavy atom. The fraction of sp³-hybridized carbons (Fsp3) is 0.133. The van der Waals surface area contributed by atoms with Gasteiger partial charge in [-0.2, -0.15) is 5.26 Å². The largest absolute Gasteiger partial charge is 0.226 e. The van der Waals surface area contributed by atoms with Crippen molar-refractivity contribution in [3.05, 3.63) is 43.8 Å². The lowest BCUT2D eigenvalue weighted by atomic mass is 10.1. The molecule has 0 bridgehead atoms.